The van der Waals surface area contributed by atoms with Gasteiger partial charge in [-0.15, -0.1) is 12.0 Å². The number of pyridine rings is 2. The predicted octanol–water partition coefficient (Wildman–Crippen LogP) is 6.04. The molecule has 4 aliphatic carbocycles. The van der Waals surface area contributed by atoms with Crippen LogP contribution in [0.4, 0.5) is 24.5 Å². The van der Waals surface area contributed by atoms with E-state index >= 15 is 0 Å². The van der Waals surface area contributed by atoms with Crippen molar-refractivity contribution in [2.24, 2.45) is 11.3 Å². The summed E-state index contributed by atoms with van der Waals surface area (Å²) >= 11 is 6.76. The van der Waals surface area contributed by atoms with E-state index in [1.54, 1.807) is 31.5 Å². The minimum absolute atomic E-state index is 0.348. The monoisotopic (exact) mass is 579 g/mol. The van der Waals surface area contributed by atoms with Crippen molar-refractivity contribution in [3.05, 3.63) is 70.2 Å². The Balaban J connectivity index is 1.27. The normalized spacial score (nSPS) is 24.2. The number of hydrazine groups is 2. The van der Waals surface area contributed by atoms with Crippen LogP contribution in [-0.4, -0.2) is 33.5 Å². The van der Waals surface area contributed by atoms with Crippen molar-refractivity contribution in [1.29, 1.82) is 0 Å². The molecule has 2 aromatic heterocycles. The van der Waals surface area contributed by atoms with Gasteiger partial charge in [0.05, 0.1) is 33.5 Å². The van der Waals surface area contributed by atoms with E-state index in [-0.39, 0.29) is 0 Å². The molecule has 1 atom stereocenters. The second-order valence-electron chi connectivity index (χ2n) is 11.9. The number of hydrogen-bond donors (Lipinski definition) is 4. The number of aryl methyl sites for hydroxylation is 1. The summed E-state index contributed by atoms with van der Waals surface area (Å²) in [4.78, 5) is 8.54. The number of aromatic nitrogens is 2. The van der Waals surface area contributed by atoms with Crippen LogP contribution in [0.1, 0.15) is 55.0 Å². The standard InChI is InChI=1S/C30H29ClF3N7/c1-3-18-13-35-26-21(25(18)36-15-29-10-17(11-29)12-29)8-19(9-22(26)31)38-27(20-4-5-24(32)37-16(20)2)23-14-41(40-39-23)30(6-7-30)28(33)34/h1,4-5,8-9,13-14,17,27-28,38-40H,6-7,10-12,15H2,2H3,(H,35,36)/t17?,27-,29?/m0/s1. The number of nitrogens with one attached hydrogen (secondary N) is 4. The summed E-state index contributed by atoms with van der Waals surface area (Å²) in [5.41, 5.74) is 9.44. The van der Waals surface area contributed by atoms with E-state index in [1.807, 2.05) is 6.07 Å². The summed E-state index contributed by atoms with van der Waals surface area (Å²) in [7, 11) is 0. The van der Waals surface area contributed by atoms with Gasteiger partial charge in [0.15, 0.2) is 0 Å². The molecule has 3 aromatic rings. The lowest BCUT2D eigenvalue weighted by molar-refractivity contribution is -0.0929. The third-order valence-electron chi connectivity index (χ3n) is 9.15. The van der Waals surface area contributed by atoms with Gasteiger partial charge in [0.2, 0.25) is 5.95 Å². The van der Waals surface area contributed by atoms with Crippen molar-refractivity contribution < 1.29 is 13.2 Å². The summed E-state index contributed by atoms with van der Waals surface area (Å²) in [6.45, 7) is 2.54. The lowest BCUT2D eigenvalue weighted by atomic mass is 9.44. The summed E-state index contributed by atoms with van der Waals surface area (Å²) in [6, 6.07) is 6.02. The molecule has 0 unspecified atom stereocenters. The molecule has 3 heterocycles. The molecule has 7 nitrogen and oxygen atoms in total. The molecule has 5 aliphatic rings. The number of terminal acetylenes is 1. The summed E-state index contributed by atoms with van der Waals surface area (Å²) < 4.78 is 41.6. The number of nitrogens with zero attached hydrogens (tertiary/aromatic N) is 3. The molecule has 4 saturated carbocycles. The fraction of sp³-hybridized carbons (Fsp3) is 0.400. The van der Waals surface area contributed by atoms with Crippen LogP contribution in [0.2, 0.25) is 5.02 Å². The zero-order valence-corrected chi connectivity index (χ0v) is 23.1. The third kappa shape index (κ3) is 4.34. The second kappa shape index (κ2) is 9.43. The topological polar surface area (TPSA) is 77.1 Å². The SMILES string of the molecule is C#Cc1cnc2c(Cl)cc(N[C@H](C3=CN(C4(C(F)F)CC4)NN3)c3ccc(F)nc3C)cc2c1NCC12CC(C1)C2. The molecule has 1 aromatic carbocycles. The quantitative estimate of drug-likeness (QED) is 0.182. The molecule has 0 radical (unpaired) electrons. The van der Waals surface area contributed by atoms with E-state index in [0.29, 0.717) is 57.0 Å². The summed E-state index contributed by atoms with van der Waals surface area (Å²) in [5.74, 6) is 3.01. The van der Waals surface area contributed by atoms with Crippen LogP contribution in [0.5, 0.6) is 0 Å². The highest BCUT2D eigenvalue weighted by atomic mass is 35.5. The first kappa shape index (κ1) is 26.2. The highest BCUT2D eigenvalue weighted by Crippen LogP contribution is 2.64. The molecular formula is C30H29ClF3N7. The Hall–Kier alpha value is -3.68. The fourth-order valence-corrected chi connectivity index (χ4v) is 6.80. The average molecular weight is 580 g/mol. The highest BCUT2D eigenvalue weighted by molar-refractivity contribution is 6.35. The molecule has 11 heteroatoms. The van der Waals surface area contributed by atoms with Crippen LogP contribution in [0.15, 0.2) is 42.4 Å². The molecule has 0 amide bonds. The number of hydrogen-bond acceptors (Lipinski definition) is 7. The first-order valence-corrected chi connectivity index (χ1v) is 14.1. The van der Waals surface area contributed by atoms with Gasteiger partial charge in [0.25, 0.3) is 6.43 Å². The largest absolute Gasteiger partial charge is 0.383 e. The number of alkyl halides is 2. The molecular weight excluding hydrogens is 551 g/mol. The van der Waals surface area contributed by atoms with Gasteiger partial charge in [-0.05, 0) is 68.6 Å². The smallest absolute Gasteiger partial charge is 0.262 e. The Morgan fingerprint density at radius 3 is 2.66 bits per heavy atom. The van der Waals surface area contributed by atoms with E-state index in [1.165, 1.54) is 30.3 Å². The lowest BCUT2D eigenvalue weighted by Crippen LogP contribution is -2.55. The number of halogens is 4. The molecule has 212 valence electrons. The molecule has 4 N–H and O–H groups in total. The van der Waals surface area contributed by atoms with Gasteiger partial charge >= 0.3 is 0 Å². The van der Waals surface area contributed by atoms with Gasteiger partial charge in [-0.3, -0.25) is 9.99 Å². The van der Waals surface area contributed by atoms with Crippen LogP contribution in [0.25, 0.3) is 10.9 Å². The van der Waals surface area contributed by atoms with Gasteiger partial charge in [-0.1, -0.05) is 23.6 Å². The van der Waals surface area contributed by atoms with E-state index in [4.69, 9.17) is 18.0 Å². The molecule has 1 aliphatic heterocycles. The van der Waals surface area contributed by atoms with Gasteiger partial charge in [-0.2, -0.15) is 4.39 Å². The Labute approximate surface area is 240 Å². The van der Waals surface area contributed by atoms with Gasteiger partial charge in [0, 0.05) is 41.3 Å². The number of benzene rings is 1. The van der Waals surface area contributed by atoms with Gasteiger partial charge in [-0.25, -0.2) is 13.8 Å². The Morgan fingerprint density at radius 2 is 2.02 bits per heavy atom. The zero-order chi connectivity index (χ0) is 28.5. The average Bonchev–Trinajstić information content (AvgIpc) is 3.56. The van der Waals surface area contributed by atoms with Crippen LogP contribution in [0, 0.1) is 36.5 Å². The first-order valence-electron chi connectivity index (χ1n) is 13.7. The van der Waals surface area contributed by atoms with Crippen molar-refractivity contribution in [1.82, 2.24) is 25.9 Å². The van der Waals surface area contributed by atoms with Crippen LogP contribution in [-0.2, 0) is 0 Å². The van der Waals surface area contributed by atoms with Crippen molar-refractivity contribution in [3.8, 4) is 12.3 Å². The Morgan fingerprint density at radius 1 is 1.24 bits per heavy atom. The first-order chi connectivity index (χ1) is 19.7. The maximum atomic E-state index is 13.9. The van der Waals surface area contributed by atoms with Crippen molar-refractivity contribution in [2.75, 3.05) is 17.2 Å². The summed E-state index contributed by atoms with van der Waals surface area (Å²) in [6.07, 6.45) is 11.1. The van der Waals surface area contributed by atoms with Gasteiger partial charge in [0.1, 0.15) is 5.54 Å². The third-order valence-corrected chi connectivity index (χ3v) is 9.44. The predicted molar refractivity (Wildman–Crippen MR) is 152 cm³/mol. The molecule has 0 saturated heterocycles. The number of rotatable bonds is 9. The zero-order valence-electron chi connectivity index (χ0n) is 22.4. The van der Waals surface area contributed by atoms with Crippen molar-refractivity contribution >= 4 is 33.9 Å². The van der Waals surface area contributed by atoms with Crippen molar-refractivity contribution in [3.63, 3.8) is 0 Å². The van der Waals surface area contributed by atoms with E-state index in [0.717, 1.165) is 23.5 Å². The maximum absolute atomic E-state index is 13.9. The lowest BCUT2D eigenvalue weighted by Gasteiger charge is -2.62. The van der Waals surface area contributed by atoms with Crippen LogP contribution >= 0.6 is 11.6 Å². The number of fused-ring (bicyclic) bond motifs is 1. The fourth-order valence-electron chi connectivity index (χ4n) is 6.54. The van der Waals surface area contributed by atoms with Crippen LogP contribution < -0.4 is 21.6 Å². The second-order valence-corrected chi connectivity index (χ2v) is 12.3. The molecule has 2 bridgehead atoms. The van der Waals surface area contributed by atoms with E-state index in [2.05, 4.69) is 37.5 Å². The van der Waals surface area contributed by atoms with E-state index < -0.39 is 24.0 Å². The molecule has 4 fully saturated rings. The molecule has 0 spiro atoms. The Bertz CT molecular complexity index is 1610. The van der Waals surface area contributed by atoms with E-state index in [9.17, 15) is 13.2 Å². The minimum atomic E-state index is -2.51. The Kier molecular flexibility index (Phi) is 6.03. The molecule has 8 rings (SSSR count). The van der Waals surface area contributed by atoms with Crippen molar-refractivity contribution in [2.45, 2.75) is 57.0 Å². The minimum Gasteiger partial charge on any atom is -0.383 e. The number of anilines is 2. The highest BCUT2D eigenvalue weighted by Gasteiger charge is 2.57. The summed E-state index contributed by atoms with van der Waals surface area (Å²) in [5, 5.41) is 9.72. The molecule has 41 heavy (non-hydrogen) atoms. The van der Waals surface area contributed by atoms with Crippen LogP contribution in [0.3, 0.4) is 0 Å². The van der Waals surface area contributed by atoms with Gasteiger partial charge < -0.3 is 16.1 Å². The maximum Gasteiger partial charge on any atom is 0.262 e.